The Hall–Kier alpha value is -1.06. The summed E-state index contributed by atoms with van der Waals surface area (Å²) >= 11 is 0. The minimum Gasteiger partial charge on any atom is -0.481 e. The maximum absolute atomic E-state index is 10.7. The van der Waals surface area contributed by atoms with Crippen LogP contribution in [0.2, 0.25) is 0 Å². The SMILES string of the molecule is O=C(O)[C@@H]1C[C@@H]2C[C@H]1C[C@H]2C(=O)O. The highest BCUT2D eigenvalue weighted by Gasteiger charge is 2.50. The first-order valence-corrected chi connectivity index (χ1v) is 4.55. The Bertz CT molecular complexity index is 234. The minimum absolute atomic E-state index is 0.114. The van der Waals surface area contributed by atoms with Crippen molar-refractivity contribution >= 4 is 11.9 Å². The third-order valence-electron chi connectivity index (χ3n) is 3.49. The molecular weight excluding hydrogens is 172 g/mol. The molecule has 0 radical (unpaired) electrons. The summed E-state index contributed by atoms with van der Waals surface area (Å²) in [6.07, 6.45) is 1.93. The normalized spacial score (nSPS) is 42.2. The predicted molar refractivity (Wildman–Crippen MR) is 43.1 cm³/mol. The van der Waals surface area contributed by atoms with Gasteiger partial charge in [0, 0.05) is 0 Å². The molecule has 72 valence electrons. The maximum Gasteiger partial charge on any atom is 0.306 e. The largest absolute Gasteiger partial charge is 0.481 e. The number of carboxylic acid groups (broad SMARTS) is 2. The molecule has 2 rings (SSSR count). The highest BCUT2D eigenvalue weighted by Crippen LogP contribution is 2.51. The molecule has 4 heteroatoms. The second-order valence-electron chi connectivity index (χ2n) is 4.12. The molecule has 2 bridgehead atoms. The lowest BCUT2D eigenvalue weighted by molar-refractivity contribution is -0.148. The first-order valence-electron chi connectivity index (χ1n) is 4.55. The van der Waals surface area contributed by atoms with E-state index in [0.29, 0.717) is 12.8 Å². The topological polar surface area (TPSA) is 74.6 Å². The number of carbonyl (C=O) groups is 2. The van der Waals surface area contributed by atoms with E-state index in [0.717, 1.165) is 6.42 Å². The Kier molecular flexibility index (Phi) is 1.78. The number of hydrogen-bond acceptors (Lipinski definition) is 2. The standard InChI is InChI=1S/C9H12O4/c10-8(11)6-2-4-1-5(6)3-7(4)9(12)13/h4-7H,1-3H2,(H,10,11)(H,12,13)/t4-,5-,6+,7+/m0/s1. The Balaban J connectivity index is 2.07. The third-order valence-corrected chi connectivity index (χ3v) is 3.49. The summed E-state index contributed by atoms with van der Waals surface area (Å²) in [5, 5.41) is 17.6. The van der Waals surface area contributed by atoms with Gasteiger partial charge in [-0.15, -0.1) is 0 Å². The molecule has 0 saturated heterocycles. The molecule has 0 aromatic rings. The summed E-state index contributed by atoms with van der Waals surface area (Å²) < 4.78 is 0. The van der Waals surface area contributed by atoms with Crippen LogP contribution in [0.5, 0.6) is 0 Å². The number of hydrogen-bond donors (Lipinski definition) is 2. The molecule has 0 amide bonds. The van der Waals surface area contributed by atoms with Crippen LogP contribution in [0.3, 0.4) is 0 Å². The van der Waals surface area contributed by atoms with Gasteiger partial charge >= 0.3 is 11.9 Å². The van der Waals surface area contributed by atoms with Crippen LogP contribution in [0.4, 0.5) is 0 Å². The van der Waals surface area contributed by atoms with E-state index in [9.17, 15) is 9.59 Å². The van der Waals surface area contributed by atoms with Gasteiger partial charge in [-0.25, -0.2) is 0 Å². The van der Waals surface area contributed by atoms with Gasteiger partial charge in [0.1, 0.15) is 0 Å². The lowest BCUT2D eigenvalue weighted by Crippen LogP contribution is -2.28. The summed E-state index contributed by atoms with van der Waals surface area (Å²) in [6.45, 7) is 0. The van der Waals surface area contributed by atoms with Crippen LogP contribution >= 0.6 is 0 Å². The quantitative estimate of drug-likeness (QED) is 0.666. The zero-order chi connectivity index (χ0) is 9.59. The lowest BCUT2D eigenvalue weighted by atomic mass is 9.82. The van der Waals surface area contributed by atoms with E-state index in [2.05, 4.69) is 0 Å². The van der Waals surface area contributed by atoms with E-state index >= 15 is 0 Å². The molecule has 0 aliphatic heterocycles. The van der Waals surface area contributed by atoms with Gasteiger partial charge in [-0.05, 0) is 31.1 Å². The lowest BCUT2D eigenvalue weighted by Gasteiger charge is -2.22. The predicted octanol–water partition coefficient (Wildman–Crippen LogP) is 0.818. The van der Waals surface area contributed by atoms with Crippen LogP contribution in [0.15, 0.2) is 0 Å². The Morgan fingerprint density at radius 2 is 1.23 bits per heavy atom. The summed E-state index contributed by atoms with van der Waals surface area (Å²) in [7, 11) is 0. The maximum atomic E-state index is 10.7. The average molecular weight is 184 g/mol. The minimum atomic E-state index is -0.753. The zero-order valence-electron chi connectivity index (χ0n) is 7.14. The Morgan fingerprint density at radius 1 is 0.846 bits per heavy atom. The van der Waals surface area contributed by atoms with Gasteiger partial charge in [0.2, 0.25) is 0 Å². The molecule has 0 spiro atoms. The molecule has 4 atom stereocenters. The van der Waals surface area contributed by atoms with Crippen molar-refractivity contribution in [1.29, 1.82) is 0 Å². The monoisotopic (exact) mass is 184 g/mol. The second kappa shape index (κ2) is 2.72. The van der Waals surface area contributed by atoms with E-state index < -0.39 is 11.9 Å². The van der Waals surface area contributed by atoms with E-state index in [1.807, 2.05) is 0 Å². The molecule has 2 fully saturated rings. The molecule has 4 nitrogen and oxygen atoms in total. The molecule has 0 aromatic heterocycles. The second-order valence-corrected chi connectivity index (χ2v) is 4.12. The van der Waals surface area contributed by atoms with E-state index in [1.165, 1.54) is 0 Å². The van der Waals surface area contributed by atoms with Crippen LogP contribution in [0, 0.1) is 23.7 Å². The number of fused-ring (bicyclic) bond motifs is 2. The van der Waals surface area contributed by atoms with E-state index in [1.54, 1.807) is 0 Å². The van der Waals surface area contributed by atoms with E-state index in [4.69, 9.17) is 10.2 Å². The van der Waals surface area contributed by atoms with Crippen molar-refractivity contribution in [2.75, 3.05) is 0 Å². The fourth-order valence-electron chi connectivity index (χ4n) is 2.88. The van der Waals surface area contributed by atoms with Gasteiger partial charge < -0.3 is 10.2 Å². The molecule has 2 saturated carbocycles. The summed E-state index contributed by atoms with van der Waals surface area (Å²) in [5.74, 6) is -1.83. The van der Waals surface area contributed by atoms with E-state index in [-0.39, 0.29) is 23.7 Å². The fourth-order valence-corrected chi connectivity index (χ4v) is 2.88. The molecule has 13 heavy (non-hydrogen) atoms. The average Bonchev–Trinajstić information content (AvgIpc) is 2.60. The molecule has 0 aromatic carbocycles. The Labute approximate surface area is 75.6 Å². The van der Waals surface area contributed by atoms with Crippen molar-refractivity contribution in [2.24, 2.45) is 23.7 Å². The first-order chi connectivity index (χ1) is 6.09. The molecule has 2 N–H and O–H groups in total. The van der Waals surface area contributed by atoms with Crippen LogP contribution < -0.4 is 0 Å². The molecule has 0 unspecified atom stereocenters. The van der Waals surface area contributed by atoms with Gasteiger partial charge in [0.05, 0.1) is 11.8 Å². The van der Waals surface area contributed by atoms with Gasteiger partial charge in [0.25, 0.3) is 0 Å². The van der Waals surface area contributed by atoms with Gasteiger partial charge in [-0.3, -0.25) is 9.59 Å². The van der Waals surface area contributed by atoms with Gasteiger partial charge in [-0.1, -0.05) is 0 Å². The highest BCUT2D eigenvalue weighted by atomic mass is 16.4. The molecule has 2 aliphatic rings. The van der Waals surface area contributed by atoms with Crippen LogP contribution in [-0.4, -0.2) is 22.2 Å². The van der Waals surface area contributed by atoms with Gasteiger partial charge in [-0.2, -0.15) is 0 Å². The summed E-state index contributed by atoms with van der Waals surface area (Å²) in [5.41, 5.74) is 0. The van der Waals surface area contributed by atoms with Crippen LogP contribution in [0.1, 0.15) is 19.3 Å². The van der Waals surface area contributed by atoms with Crippen molar-refractivity contribution in [3.8, 4) is 0 Å². The van der Waals surface area contributed by atoms with Crippen molar-refractivity contribution < 1.29 is 19.8 Å². The van der Waals surface area contributed by atoms with Crippen molar-refractivity contribution in [1.82, 2.24) is 0 Å². The van der Waals surface area contributed by atoms with Crippen molar-refractivity contribution in [3.63, 3.8) is 0 Å². The smallest absolute Gasteiger partial charge is 0.306 e. The number of carboxylic acids is 2. The Morgan fingerprint density at radius 3 is 1.46 bits per heavy atom. The molecule has 2 aliphatic carbocycles. The van der Waals surface area contributed by atoms with Crippen LogP contribution in [0.25, 0.3) is 0 Å². The third kappa shape index (κ3) is 1.20. The first kappa shape index (κ1) is 8.53. The van der Waals surface area contributed by atoms with Crippen molar-refractivity contribution in [3.05, 3.63) is 0 Å². The number of rotatable bonds is 2. The molecule has 0 heterocycles. The van der Waals surface area contributed by atoms with Crippen LogP contribution in [-0.2, 0) is 9.59 Å². The highest BCUT2D eigenvalue weighted by molar-refractivity contribution is 5.74. The zero-order valence-corrected chi connectivity index (χ0v) is 7.14. The summed E-state index contributed by atoms with van der Waals surface area (Å²) in [4.78, 5) is 21.4. The molecular formula is C9H12O4. The number of aliphatic carboxylic acids is 2. The fraction of sp³-hybridized carbons (Fsp3) is 0.778. The van der Waals surface area contributed by atoms with Crippen molar-refractivity contribution in [2.45, 2.75) is 19.3 Å². The summed E-state index contributed by atoms with van der Waals surface area (Å²) in [6, 6.07) is 0. The van der Waals surface area contributed by atoms with Gasteiger partial charge in [0.15, 0.2) is 0 Å².